The molecular weight excluding hydrogens is 414 g/mol. The summed E-state index contributed by atoms with van der Waals surface area (Å²) in [5.41, 5.74) is 0. The minimum absolute atomic E-state index is 0. The molecule has 0 aromatic heterocycles. The Hall–Kier alpha value is 2.12. The van der Waals surface area contributed by atoms with Crippen molar-refractivity contribution in [1.82, 2.24) is 0 Å². The molecule has 7 nitrogen and oxygen atoms in total. The van der Waals surface area contributed by atoms with Crippen molar-refractivity contribution in [2.45, 2.75) is 82.8 Å². The second kappa shape index (κ2) is 16.9. The standard InChI is InChI=1S/C16H30O7S.2K/c1-3-5-7-9-11-13(14(17)18)16(15(19)20,24(21,22)23)12-10-8-6-4-2;;/h13H,3-12H2,1-2H3,(H,17,18)(H,19,20)(H,21,22,23);;/q;2*+1/p-2. The van der Waals surface area contributed by atoms with Crippen LogP contribution in [0.25, 0.3) is 0 Å². The Morgan fingerprint density at radius 3 is 1.73 bits per heavy atom. The van der Waals surface area contributed by atoms with Crippen molar-refractivity contribution < 1.29 is 136 Å². The normalized spacial score (nSPS) is 14.4. The zero-order chi connectivity index (χ0) is 18.8. The zero-order valence-corrected chi connectivity index (χ0v) is 23.5. The van der Waals surface area contributed by atoms with Gasteiger partial charge in [-0.15, -0.1) is 0 Å². The van der Waals surface area contributed by atoms with Crippen LogP contribution in [-0.4, -0.2) is 29.7 Å². The Kier molecular flexibility index (Phi) is 21.3. The number of carboxylic acids is 2. The van der Waals surface area contributed by atoms with E-state index in [-0.39, 0.29) is 116 Å². The summed E-state index contributed by atoms with van der Waals surface area (Å²) in [4.78, 5) is 23.1. The predicted octanol–water partition coefficient (Wildman–Crippen LogP) is -5.32. The van der Waals surface area contributed by atoms with Gasteiger partial charge in [-0.25, -0.2) is 0 Å². The molecule has 0 heterocycles. The van der Waals surface area contributed by atoms with Gasteiger partial charge in [-0.3, -0.25) is 4.55 Å². The number of carboxylic acid groups (broad SMARTS) is 2. The molecule has 10 heteroatoms. The van der Waals surface area contributed by atoms with Crippen LogP contribution in [0.3, 0.4) is 0 Å². The van der Waals surface area contributed by atoms with Crippen molar-refractivity contribution in [2.24, 2.45) is 5.92 Å². The first-order valence-electron chi connectivity index (χ1n) is 8.54. The molecule has 0 amide bonds. The molecule has 0 saturated heterocycles. The molecule has 0 radical (unpaired) electrons. The summed E-state index contributed by atoms with van der Waals surface area (Å²) in [6.45, 7) is 3.88. The van der Waals surface area contributed by atoms with Crippen LogP contribution in [0.1, 0.15) is 78.1 Å². The van der Waals surface area contributed by atoms with E-state index in [1.54, 1.807) is 0 Å². The van der Waals surface area contributed by atoms with E-state index in [0.29, 0.717) is 19.3 Å². The molecule has 26 heavy (non-hydrogen) atoms. The average molecular weight is 443 g/mol. The van der Waals surface area contributed by atoms with Crippen LogP contribution in [0.2, 0.25) is 0 Å². The molecule has 0 aromatic rings. The molecule has 0 aliphatic heterocycles. The SMILES string of the molecule is CCCCCCC(C(=O)[O-])C(CCCCCC)(C(=O)[O-])S(=O)(=O)O.[K+].[K+]. The molecular formula is C16H28K2O7S. The first-order chi connectivity index (χ1) is 11.1. The molecule has 0 spiro atoms. The monoisotopic (exact) mass is 442 g/mol. The van der Waals surface area contributed by atoms with Gasteiger partial charge in [-0.05, 0) is 12.8 Å². The van der Waals surface area contributed by atoms with E-state index < -0.39 is 39.1 Å². The van der Waals surface area contributed by atoms with Crippen molar-refractivity contribution in [3.63, 3.8) is 0 Å². The van der Waals surface area contributed by atoms with E-state index in [1.807, 2.05) is 13.8 Å². The van der Waals surface area contributed by atoms with E-state index in [0.717, 1.165) is 25.7 Å². The second-order valence-electron chi connectivity index (χ2n) is 6.18. The van der Waals surface area contributed by atoms with Crippen LogP contribution < -0.4 is 113 Å². The smallest absolute Gasteiger partial charge is 0.550 e. The maximum Gasteiger partial charge on any atom is 1.00 e. The summed E-state index contributed by atoms with van der Waals surface area (Å²) in [6, 6.07) is 0. The van der Waals surface area contributed by atoms with E-state index >= 15 is 0 Å². The number of hydrogen-bond acceptors (Lipinski definition) is 6. The fourth-order valence-corrected chi connectivity index (χ4v) is 4.15. The molecule has 1 N–H and O–H groups in total. The number of carbonyl (C=O) groups is 2. The summed E-state index contributed by atoms with van der Waals surface area (Å²) in [5, 5.41) is 23.1. The van der Waals surface area contributed by atoms with Crippen LogP contribution >= 0.6 is 0 Å². The number of carbonyl (C=O) groups excluding carboxylic acids is 2. The average Bonchev–Trinajstić information content (AvgIpc) is 2.46. The number of unbranched alkanes of at least 4 members (excludes halogenated alkanes) is 6. The van der Waals surface area contributed by atoms with Crippen molar-refractivity contribution in [3.8, 4) is 0 Å². The van der Waals surface area contributed by atoms with Crippen LogP contribution in [-0.2, 0) is 19.7 Å². The van der Waals surface area contributed by atoms with Crippen LogP contribution in [0.5, 0.6) is 0 Å². The van der Waals surface area contributed by atoms with Crippen molar-refractivity contribution >= 4 is 22.1 Å². The number of rotatable bonds is 14. The maximum absolute atomic E-state index is 11.8. The van der Waals surface area contributed by atoms with E-state index in [2.05, 4.69) is 0 Å². The van der Waals surface area contributed by atoms with Gasteiger partial charge < -0.3 is 19.8 Å². The topological polar surface area (TPSA) is 135 Å². The number of aliphatic carboxylic acids is 2. The summed E-state index contributed by atoms with van der Waals surface area (Å²) in [5.74, 6) is -5.70. The van der Waals surface area contributed by atoms with Gasteiger partial charge in [-0.2, -0.15) is 8.42 Å². The Balaban J connectivity index is -0.00000264. The Bertz CT molecular complexity index is 511. The summed E-state index contributed by atoms with van der Waals surface area (Å²) in [7, 11) is -5.18. The van der Waals surface area contributed by atoms with Gasteiger partial charge in [0.2, 0.25) is 0 Å². The maximum atomic E-state index is 11.8. The summed E-state index contributed by atoms with van der Waals surface area (Å²) < 4.78 is 30.4. The minimum atomic E-state index is -5.18. The Morgan fingerprint density at radius 1 is 0.923 bits per heavy atom. The fraction of sp³-hybridized carbons (Fsp3) is 0.875. The molecule has 142 valence electrons. The van der Waals surface area contributed by atoms with Crippen LogP contribution in [0, 0.1) is 5.92 Å². The van der Waals surface area contributed by atoms with Gasteiger partial charge >= 0.3 is 103 Å². The molecule has 0 aliphatic rings. The van der Waals surface area contributed by atoms with Crippen molar-refractivity contribution in [1.29, 1.82) is 0 Å². The van der Waals surface area contributed by atoms with Crippen molar-refractivity contribution in [2.75, 3.05) is 0 Å². The second-order valence-corrected chi connectivity index (χ2v) is 7.86. The van der Waals surface area contributed by atoms with Gasteiger partial charge in [0, 0.05) is 11.9 Å². The zero-order valence-electron chi connectivity index (χ0n) is 16.5. The summed E-state index contributed by atoms with van der Waals surface area (Å²) >= 11 is 0. The Morgan fingerprint density at radius 2 is 1.38 bits per heavy atom. The van der Waals surface area contributed by atoms with Gasteiger partial charge in [0.05, 0.1) is 5.97 Å². The molecule has 0 aromatic carbocycles. The van der Waals surface area contributed by atoms with Gasteiger partial charge in [0.15, 0.2) is 0 Å². The number of hydrogen-bond donors (Lipinski definition) is 1. The summed E-state index contributed by atoms with van der Waals surface area (Å²) in [6.07, 6.45) is 4.29. The van der Waals surface area contributed by atoms with Gasteiger partial charge in [0.1, 0.15) is 4.75 Å². The quantitative estimate of drug-likeness (QED) is 0.161. The molecule has 0 rings (SSSR count). The molecule has 2 unspecified atom stereocenters. The molecule has 0 bridgehead atoms. The van der Waals surface area contributed by atoms with E-state index in [9.17, 15) is 32.8 Å². The molecule has 2 atom stereocenters. The third-order valence-corrected chi connectivity index (χ3v) is 5.98. The van der Waals surface area contributed by atoms with E-state index in [1.165, 1.54) is 0 Å². The molecule has 0 saturated carbocycles. The van der Waals surface area contributed by atoms with Gasteiger partial charge in [-0.1, -0.05) is 65.2 Å². The van der Waals surface area contributed by atoms with Gasteiger partial charge in [0.25, 0.3) is 10.1 Å². The predicted molar refractivity (Wildman–Crippen MR) is 85.3 cm³/mol. The van der Waals surface area contributed by atoms with Crippen LogP contribution in [0.4, 0.5) is 0 Å². The third-order valence-electron chi connectivity index (χ3n) is 4.40. The molecule has 0 aliphatic carbocycles. The first-order valence-corrected chi connectivity index (χ1v) is 9.98. The molecule has 0 fully saturated rings. The van der Waals surface area contributed by atoms with Crippen LogP contribution in [0.15, 0.2) is 0 Å². The van der Waals surface area contributed by atoms with Crippen molar-refractivity contribution in [3.05, 3.63) is 0 Å². The minimum Gasteiger partial charge on any atom is -0.550 e. The largest absolute Gasteiger partial charge is 1.00 e. The Labute approximate surface area is 242 Å². The van der Waals surface area contributed by atoms with E-state index in [4.69, 9.17) is 0 Å². The third kappa shape index (κ3) is 10.2. The first kappa shape index (κ1) is 32.8. The fourth-order valence-electron chi connectivity index (χ4n) is 2.96.